The zero-order valence-corrected chi connectivity index (χ0v) is 16.1. The highest BCUT2D eigenvalue weighted by molar-refractivity contribution is 6.55. The normalized spacial score (nSPS) is 23.6. The first-order valence-electron chi connectivity index (χ1n) is 8.92. The maximum Gasteiger partial charge on any atom is 0.525 e. The van der Waals surface area contributed by atoms with Gasteiger partial charge >= 0.3 is 7.12 Å². The number of benzene rings is 1. The summed E-state index contributed by atoms with van der Waals surface area (Å²) in [6.07, 6.45) is -0.353. The van der Waals surface area contributed by atoms with Crippen LogP contribution < -0.4 is 4.74 Å². The minimum atomic E-state index is -1.06. The zero-order valence-electron chi connectivity index (χ0n) is 16.1. The molecule has 0 aromatic heterocycles. The molecule has 26 heavy (non-hydrogen) atoms. The maximum absolute atomic E-state index is 15.6. The number of β-amino-alcohol motifs (C(OH)–C–C–N with tert-alkyl or cyclic N) is 1. The Kier molecular flexibility index (Phi) is 5.18. The molecule has 7 heteroatoms. The Hall–Kier alpha value is -1.41. The first-order valence-corrected chi connectivity index (χ1v) is 8.92. The maximum atomic E-state index is 15.6. The molecule has 2 aliphatic heterocycles. The highest BCUT2D eigenvalue weighted by Gasteiger charge is 2.53. The average Bonchev–Trinajstić information content (AvgIpc) is 2.78. The van der Waals surface area contributed by atoms with Crippen molar-refractivity contribution < 1.29 is 23.5 Å². The van der Waals surface area contributed by atoms with E-state index in [1.807, 2.05) is 50.8 Å². The Morgan fingerprint density at radius 2 is 1.81 bits per heavy atom. The Balaban J connectivity index is 1.98. The van der Waals surface area contributed by atoms with Crippen LogP contribution in [-0.2, 0) is 9.31 Å². The molecule has 142 valence electrons. The van der Waals surface area contributed by atoms with E-state index in [0.717, 1.165) is 0 Å². The Bertz CT molecular complexity index is 685. The summed E-state index contributed by atoms with van der Waals surface area (Å²) in [6, 6.07) is 7.33. The molecule has 0 unspecified atom stereocenters. The molecule has 0 amide bonds. The summed E-state index contributed by atoms with van der Waals surface area (Å²) in [5, 5.41) is 9.56. The lowest BCUT2D eigenvalue weighted by Gasteiger charge is -2.36. The van der Waals surface area contributed by atoms with Gasteiger partial charge in [0.2, 0.25) is 0 Å². The fraction of sp³-hybridized carbons (Fsp3) is 0.579. The van der Waals surface area contributed by atoms with Crippen molar-refractivity contribution >= 4 is 12.7 Å². The van der Waals surface area contributed by atoms with Gasteiger partial charge in [-0.2, -0.15) is 0 Å². The van der Waals surface area contributed by atoms with E-state index >= 15 is 4.39 Å². The van der Waals surface area contributed by atoms with Crippen LogP contribution in [0.2, 0.25) is 0 Å². The van der Waals surface area contributed by atoms with Crippen LogP contribution in [0.25, 0.3) is 5.57 Å². The summed E-state index contributed by atoms with van der Waals surface area (Å²) in [5.41, 5.74) is -0.548. The van der Waals surface area contributed by atoms with Crippen molar-refractivity contribution in [3.63, 3.8) is 0 Å². The number of nitrogens with zero attached hydrogens (tertiary/aromatic N) is 1. The quantitative estimate of drug-likeness (QED) is 0.816. The minimum absolute atomic E-state index is 0.353. The van der Waals surface area contributed by atoms with Crippen LogP contribution in [-0.4, -0.2) is 61.2 Å². The van der Waals surface area contributed by atoms with Gasteiger partial charge in [-0.15, -0.1) is 0 Å². The predicted molar refractivity (Wildman–Crippen MR) is 99.6 cm³/mol. The second kappa shape index (κ2) is 6.96. The van der Waals surface area contributed by atoms with Crippen LogP contribution in [0.3, 0.4) is 0 Å². The Labute approximate surface area is 154 Å². The van der Waals surface area contributed by atoms with Gasteiger partial charge in [0, 0.05) is 30.8 Å². The monoisotopic (exact) mass is 363 g/mol. The molecule has 5 nitrogen and oxygen atoms in total. The van der Waals surface area contributed by atoms with E-state index in [9.17, 15) is 5.11 Å². The van der Waals surface area contributed by atoms with E-state index in [4.69, 9.17) is 14.0 Å². The molecule has 3 rings (SSSR count). The number of likely N-dealkylation sites (tertiary alicyclic amines) is 1. The summed E-state index contributed by atoms with van der Waals surface area (Å²) < 4.78 is 32.8. The highest BCUT2D eigenvalue weighted by atomic mass is 19.1. The zero-order chi connectivity index (χ0) is 19.1. The highest BCUT2D eigenvalue weighted by Crippen LogP contribution is 2.41. The van der Waals surface area contributed by atoms with Crippen molar-refractivity contribution in [3.05, 3.63) is 35.6 Å². The van der Waals surface area contributed by atoms with Crippen molar-refractivity contribution in [2.45, 2.75) is 45.0 Å². The molecule has 0 saturated carbocycles. The first kappa shape index (κ1) is 19.4. The molecule has 1 N–H and O–H groups in total. The lowest BCUT2D eigenvalue weighted by Crippen LogP contribution is -2.51. The van der Waals surface area contributed by atoms with E-state index in [2.05, 4.69) is 0 Å². The topological polar surface area (TPSA) is 51.2 Å². The molecule has 0 spiro atoms. The molecule has 2 saturated heterocycles. The summed E-state index contributed by atoms with van der Waals surface area (Å²) >= 11 is 0. The number of hydrogen-bond acceptors (Lipinski definition) is 5. The van der Waals surface area contributed by atoms with E-state index in [1.165, 1.54) is 0 Å². The van der Waals surface area contributed by atoms with E-state index in [1.54, 1.807) is 13.2 Å². The molecule has 2 heterocycles. The van der Waals surface area contributed by atoms with Crippen LogP contribution in [0.15, 0.2) is 30.0 Å². The van der Waals surface area contributed by atoms with Gasteiger partial charge in [-0.25, -0.2) is 4.39 Å². The third-order valence-corrected chi connectivity index (χ3v) is 5.50. The van der Waals surface area contributed by atoms with Crippen LogP contribution in [0.5, 0.6) is 5.75 Å². The van der Waals surface area contributed by atoms with Crippen LogP contribution in [0.1, 0.15) is 33.3 Å². The van der Waals surface area contributed by atoms with Crippen molar-refractivity contribution in [3.8, 4) is 5.75 Å². The van der Waals surface area contributed by atoms with Crippen LogP contribution in [0.4, 0.5) is 4.39 Å². The van der Waals surface area contributed by atoms with Crippen molar-refractivity contribution in [2.24, 2.45) is 0 Å². The number of ether oxygens (including phenoxy) is 1. The first-order chi connectivity index (χ1) is 12.1. The lowest BCUT2D eigenvalue weighted by molar-refractivity contribution is 0.00578. The van der Waals surface area contributed by atoms with Gasteiger partial charge < -0.3 is 19.2 Å². The van der Waals surface area contributed by atoms with Gasteiger partial charge in [0.05, 0.1) is 24.4 Å². The number of halogens is 1. The Morgan fingerprint density at radius 1 is 1.23 bits per heavy atom. The molecule has 0 bridgehead atoms. The molecular weight excluding hydrogens is 336 g/mol. The standard InChI is InChI=1S/C19H27BFNO4/c1-18(2)19(3,4)26-20(25-18)17(21)15(12-22-10-13(23)11-22)14-8-6-7-9-16(14)24-5/h6-9,13,23H,10-12H2,1-5H3. The predicted octanol–water partition coefficient (Wildman–Crippen LogP) is 2.68. The fourth-order valence-electron chi connectivity index (χ4n) is 3.17. The van der Waals surface area contributed by atoms with Gasteiger partial charge in [-0.3, -0.25) is 4.90 Å². The van der Waals surface area contributed by atoms with Crippen molar-refractivity contribution in [1.29, 1.82) is 0 Å². The number of para-hydroxylation sites is 1. The van der Waals surface area contributed by atoms with Gasteiger partial charge in [-0.1, -0.05) is 18.2 Å². The number of aliphatic hydroxyl groups excluding tert-OH is 1. The van der Waals surface area contributed by atoms with Gasteiger partial charge in [0.25, 0.3) is 0 Å². The molecule has 2 aliphatic rings. The van der Waals surface area contributed by atoms with E-state index in [-0.39, 0.29) is 6.10 Å². The molecule has 0 aliphatic carbocycles. The van der Waals surface area contributed by atoms with Crippen LogP contribution >= 0.6 is 0 Å². The van der Waals surface area contributed by atoms with Crippen molar-refractivity contribution in [2.75, 3.05) is 26.7 Å². The van der Waals surface area contributed by atoms with E-state index < -0.39 is 24.0 Å². The summed E-state index contributed by atoms with van der Waals surface area (Å²) in [6.45, 7) is 8.99. The Morgan fingerprint density at radius 3 is 2.35 bits per heavy atom. The minimum Gasteiger partial charge on any atom is -0.496 e. The second-order valence-electron chi connectivity index (χ2n) is 7.96. The second-order valence-corrected chi connectivity index (χ2v) is 7.96. The number of aliphatic hydroxyl groups is 1. The van der Waals surface area contributed by atoms with Gasteiger partial charge in [0.15, 0.2) is 0 Å². The largest absolute Gasteiger partial charge is 0.525 e. The SMILES string of the molecule is COc1ccccc1C(CN1CC(O)C1)=C(F)B1OC(C)(C)C(C)(C)O1. The van der Waals surface area contributed by atoms with E-state index in [0.29, 0.717) is 36.5 Å². The average molecular weight is 363 g/mol. The third kappa shape index (κ3) is 3.54. The molecule has 1 aromatic carbocycles. The molecule has 0 atom stereocenters. The van der Waals surface area contributed by atoms with Crippen molar-refractivity contribution in [1.82, 2.24) is 4.90 Å². The summed E-state index contributed by atoms with van der Waals surface area (Å²) in [5.74, 6) is 0.593. The molecule has 2 fully saturated rings. The molecular formula is C19H27BFNO4. The summed E-state index contributed by atoms with van der Waals surface area (Å²) in [4.78, 5) is 1.98. The summed E-state index contributed by atoms with van der Waals surface area (Å²) in [7, 11) is 0.502. The number of hydrogen-bond donors (Lipinski definition) is 1. The number of methoxy groups -OCH3 is 1. The lowest BCUT2D eigenvalue weighted by atomic mass is 9.82. The molecule has 0 radical (unpaired) electrons. The number of rotatable bonds is 5. The third-order valence-electron chi connectivity index (χ3n) is 5.50. The molecule has 1 aromatic rings. The van der Waals surface area contributed by atoms with Gasteiger partial charge in [0.1, 0.15) is 11.5 Å². The van der Waals surface area contributed by atoms with Crippen LogP contribution in [0, 0.1) is 0 Å². The smallest absolute Gasteiger partial charge is 0.496 e. The fourth-order valence-corrected chi connectivity index (χ4v) is 3.17. The van der Waals surface area contributed by atoms with Gasteiger partial charge in [-0.05, 0) is 33.8 Å².